The standard InChI is InChI=1S/C24H27NO4/c1-15-17-11-7-6-10-16(17)14-18(21(15)29-23(27)24(2,3)4)22(26)25-19-12-8-9-13-20(19)28-5/h6-15,21H,1-5H3,(H,25,26). The van der Waals surface area contributed by atoms with Crippen LogP contribution in [0.5, 0.6) is 5.75 Å². The number of carbonyl (C=O) groups is 2. The first-order valence-electron chi connectivity index (χ1n) is 9.68. The monoisotopic (exact) mass is 393 g/mol. The summed E-state index contributed by atoms with van der Waals surface area (Å²) in [6, 6.07) is 15.1. The highest BCUT2D eigenvalue weighted by Crippen LogP contribution is 2.37. The fourth-order valence-electron chi connectivity index (χ4n) is 3.33. The first-order valence-corrected chi connectivity index (χ1v) is 9.68. The number of amides is 1. The number of esters is 1. The summed E-state index contributed by atoms with van der Waals surface area (Å²) in [4.78, 5) is 25.8. The zero-order chi connectivity index (χ0) is 21.2. The van der Waals surface area contributed by atoms with Crippen molar-refractivity contribution in [2.75, 3.05) is 12.4 Å². The Morgan fingerprint density at radius 3 is 2.34 bits per heavy atom. The van der Waals surface area contributed by atoms with Gasteiger partial charge in [-0.2, -0.15) is 0 Å². The van der Waals surface area contributed by atoms with Crippen LogP contribution < -0.4 is 10.1 Å². The third-order valence-corrected chi connectivity index (χ3v) is 5.02. The summed E-state index contributed by atoms with van der Waals surface area (Å²) in [6.45, 7) is 7.38. The molecule has 0 radical (unpaired) electrons. The topological polar surface area (TPSA) is 64.6 Å². The molecule has 5 nitrogen and oxygen atoms in total. The first kappa shape index (κ1) is 20.6. The van der Waals surface area contributed by atoms with E-state index >= 15 is 0 Å². The second-order valence-electron chi connectivity index (χ2n) is 8.25. The largest absolute Gasteiger partial charge is 0.495 e. The van der Waals surface area contributed by atoms with Crippen LogP contribution in [-0.4, -0.2) is 25.1 Å². The molecule has 152 valence electrons. The van der Waals surface area contributed by atoms with Gasteiger partial charge in [0.05, 0.1) is 23.8 Å². The molecule has 2 aromatic rings. The Morgan fingerprint density at radius 1 is 1.00 bits per heavy atom. The van der Waals surface area contributed by atoms with Crippen molar-refractivity contribution in [2.45, 2.75) is 39.7 Å². The van der Waals surface area contributed by atoms with Crippen molar-refractivity contribution in [3.63, 3.8) is 0 Å². The molecule has 2 atom stereocenters. The number of para-hydroxylation sites is 2. The second-order valence-corrected chi connectivity index (χ2v) is 8.25. The highest BCUT2D eigenvalue weighted by molar-refractivity contribution is 6.09. The van der Waals surface area contributed by atoms with Gasteiger partial charge in [0.2, 0.25) is 0 Å². The molecular weight excluding hydrogens is 366 g/mol. The summed E-state index contributed by atoms with van der Waals surface area (Å²) in [5, 5.41) is 2.90. The normalized spacial score (nSPS) is 18.3. The van der Waals surface area contributed by atoms with Gasteiger partial charge < -0.3 is 14.8 Å². The Labute approximate surface area is 171 Å². The molecule has 2 unspecified atom stereocenters. The van der Waals surface area contributed by atoms with E-state index in [0.717, 1.165) is 11.1 Å². The fraction of sp³-hybridized carbons (Fsp3) is 0.333. The SMILES string of the molecule is COc1ccccc1NC(=O)C1=Cc2ccccc2C(C)C1OC(=O)C(C)(C)C. The van der Waals surface area contributed by atoms with Crippen molar-refractivity contribution in [3.05, 3.63) is 65.2 Å². The molecule has 1 amide bonds. The summed E-state index contributed by atoms with van der Waals surface area (Å²) < 4.78 is 11.2. The van der Waals surface area contributed by atoms with Crippen LogP contribution in [-0.2, 0) is 14.3 Å². The molecule has 0 aliphatic heterocycles. The number of hydrogen-bond donors (Lipinski definition) is 1. The Kier molecular flexibility index (Phi) is 5.78. The quantitative estimate of drug-likeness (QED) is 0.759. The Bertz CT molecular complexity index is 955. The molecule has 0 bridgehead atoms. The number of carbonyl (C=O) groups excluding carboxylic acids is 2. The minimum atomic E-state index is -0.675. The lowest BCUT2D eigenvalue weighted by Crippen LogP contribution is -2.37. The minimum Gasteiger partial charge on any atom is -0.495 e. The van der Waals surface area contributed by atoms with E-state index < -0.39 is 11.5 Å². The zero-order valence-corrected chi connectivity index (χ0v) is 17.5. The zero-order valence-electron chi connectivity index (χ0n) is 17.5. The molecule has 0 heterocycles. The Hall–Kier alpha value is -3.08. The number of ether oxygens (including phenoxy) is 2. The molecule has 0 saturated heterocycles. The summed E-state index contributed by atoms with van der Waals surface area (Å²) >= 11 is 0. The van der Waals surface area contributed by atoms with Crippen LogP contribution in [0.25, 0.3) is 6.08 Å². The lowest BCUT2D eigenvalue weighted by molar-refractivity contribution is -0.157. The van der Waals surface area contributed by atoms with E-state index in [1.807, 2.05) is 43.3 Å². The van der Waals surface area contributed by atoms with E-state index in [1.165, 1.54) is 0 Å². The molecule has 1 N–H and O–H groups in total. The minimum absolute atomic E-state index is 0.152. The molecule has 1 aliphatic carbocycles. The highest BCUT2D eigenvalue weighted by Gasteiger charge is 2.37. The maximum Gasteiger partial charge on any atom is 0.311 e. The number of benzene rings is 2. The maximum absolute atomic E-state index is 13.2. The van der Waals surface area contributed by atoms with Crippen molar-refractivity contribution in [2.24, 2.45) is 5.41 Å². The van der Waals surface area contributed by atoms with E-state index in [1.54, 1.807) is 46.1 Å². The van der Waals surface area contributed by atoms with Crippen molar-refractivity contribution in [1.82, 2.24) is 0 Å². The van der Waals surface area contributed by atoms with Gasteiger partial charge in [-0.15, -0.1) is 0 Å². The smallest absolute Gasteiger partial charge is 0.311 e. The number of rotatable bonds is 4. The van der Waals surface area contributed by atoms with Crippen molar-refractivity contribution >= 4 is 23.6 Å². The van der Waals surface area contributed by atoms with Crippen LogP contribution in [0.15, 0.2) is 54.1 Å². The van der Waals surface area contributed by atoms with Crippen molar-refractivity contribution in [3.8, 4) is 5.75 Å². The Morgan fingerprint density at radius 2 is 1.66 bits per heavy atom. The molecule has 3 rings (SSSR count). The van der Waals surface area contributed by atoms with Crippen LogP contribution in [0.3, 0.4) is 0 Å². The number of fused-ring (bicyclic) bond motifs is 1. The molecule has 0 saturated carbocycles. The van der Waals surface area contributed by atoms with E-state index in [9.17, 15) is 9.59 Å². The van der Waals surface area contributed by atoms with Crippen LogP contribution in [0, 0.1) is 5.41 Å². The second kappa shape index (κ2) is 8.11. The van der Waals surface area contributed by atoms with Crippen LogP contribution in [0.4, 0.5) is 5.69 Å². The summed E-state index contributed by atoms with van der Waals surface area (Å²) in [5.74, 6) is -0.248. The van der Waals surface area contributed by atoms with Gasteiger partial charge in [0.25, 0.3) is 5.91 Å². The lowest BCUT2D eigenvalue weighted by Gasteiger charge is -2.33. The van der Waals surface area contributed by atoms with Gasteiger partial charge in [-0.25, -0.2) is 0 Å². The molecule has 29 heavy (non-hydrogen) atoms. The first-order chi connectivity index (χ1) is 13.7. The number of methoxy groups -OCH3 is 1. The molecule has 0 fully saturated rings. The predicted octanol–water partition coefficient (Wildman–Crippen LogP) is 4.79. The van der Waals surface area contributed by atoms with Crippen molar-refractivity contribution in [1.29, 1.82) is 0 Å². The number of anilines is 1. The van der Waals surface area contributed by atoms with Crippen LogP contribution in [0.1, 0.15) is 44.7 Å². The van der Waals surface area contributed by atoms with Gasteiger partial charge in [0.1, 0.15) is 11.9 Å². The number of hydrogen-bond acceptors (Lipinski definition) is 4. The molecule has 0 spiro atoms. The predicted molar refractivity (Wildman–Crippen MR) is 114 cm³/mol. The summed E-state index contributed by atoms with van der Waals surface area (Å²) in [7, 11) is 1.55. The van der Waals surface area contributed by atoms with Gasteiger partial charge in [-0.05, 0) is 50.1 Å². The number of nitrogens with one attached hydrogen (secondary N) is 1. The van der Waals surface area contributed by atoms with Crippen LogP contribution in [0.2, 0.25) is 0 Å². The summed E-state index contributed by atoms with van der Waals surface area (Å²) in [5.41, 5.74) is 2.32. The third kappa shape index (κ3) is 4.34. The van der Waals surface area contributed by atoms with Crippen molar-refractivity contribution < 1.29 is 19.1 Å². The van der Waals surface area contributed by atoms with E-state index in [4.69, 9.17) is 9.47 Å². The van der Waals surface area contributed by atoms with Gasteiger partial charge >= 0.3 is 5.97 Å². The highest BCUT2D eigenvalue weighted by atomic mass is 16.5. The summed E-state index contributed by atoms with van der Waals surface area (Å²) in [6.07, 6.45) is 1.13. The van der Waals surface area contributed by atoms with E-state index in [0.29, 0.717) is 17.0 Å². The maximum atomic E-state index is 13.2. The van der Waals surface area contributed by atoms with Gasteiger partial charge in [0, 0.05) is 5.92 Å². The molecule has 5 heteroatoms. The molecule has 2 aromatic carbocycles. The van der Waals surface area contributed by atoms with Crippen LogP contribution >= 0.6 is 0 Å². The lowest BCUT2D eigenvalue weighted by atomic mass is 9.81. The van der Waals surface area contributed by atoms with Gasteiger partial charge in [-0.3, -0.25) is 9.59 Å². The fourth-order valence-corrected chi connectivity index (χ4v) is 3.33. The molecule has 1 aliphatic rings. The molecule has 0 aromatic heterocycles. The third-order valence-electron chi connectivity index (χ3n) is 5.02. The average molecular weight is 393 g/mol. The average Bonchev–Trinajstić information content (AvgIpc) is 2.69. The Balaban J connectivity index is 1.98. The molecular formula is C24H27NO4. The van der Waals surface area contributed by atoms with Gasteiger partial charge in [-0.1, -0.05) is 43.3 Å². The van der Waals surface area contributed by atoms with E-state index in [-0.39, 0.29) is 17.8 Å². The van der Waals surface area contributed by atoms with Gasteiger partial charge in [0.15, 0.2) is 0 Å². The van der Waals surface area contributed by atoms with E-state index in [2.05, 4.69) is 5.32 Å².